The van der Waals surface area contributed by atoms with Crippen LogP contribution < -0.4 is 5.73 Å². The molecule has 0 radical (unpaired) electrons. The van der Waals surface area contributed by atoms with Crippen molar-refractivity contribution in [2.45, 2.75) is 211 Å². The highest BCUT2D eigenvalue weighted by Gasteiger charge is 2.35. The van der Waals surface area contributed by atoms with Crippen LogP contribution in [0, 0.1) is 5.92 Å². The molecule has 1 heterocycles. The minimum Gasteiger partial charge on any atom is -0.480 e. The van der Waals surface area contributed by atoms with Gasteiger partial charge in [0.25, 0.3) is 0 Å². The number of carbonyl (C=O) groups excluding carboxylic acids is 2. The topological polar surface area (TPSA) is 242 Å². The number of hydrogen-bond donors (Lipinski definition) is 6. The Labute approximate surface area is 383 Å². The van der Waals surface area contributed by atoms with Crippen LogP contribution in [0.3, 0.4) is 0 Å². The van der Waals surface area contributed by atoms with Crippen molar-refractivity contribution in [1.29, 1.82) is 0 Å². The van der Waals surface area contributed by atoms with Gasteiger partial charge in [-0.15, -0.1) is 0 Å². The number of aliphatic carboxylic acids is 1. The highest BCUT2D eigenvalue weighted by molar-refractivity contribution is 7.47. The lowest BCUT2D eigenvalue weighted by atomic mass is 9.87. The number of carboxylic acid groups (broad SMARTS) is 1. The van der Waals surface area contributed by atoms with Crippen LogP contribution in [0.1, 0.15) is 174 Å². The van der Waals surface area contributed by atoms with Gasteiger partial charge in [0.15, 0.2) is 12.4 Å². The molecule has 15 nitrogen and oxygen atoms in total. The largest absolute Gasteiger partial charge is 0.480 e. The molecular weight excluding hydrogens is 845 g/mol. The summed E-state index contributed by atoms with van der Waals surface area (Å²) in [6, 6.07) is -1.57. The number of carbonyl (C=O) groups is 3. The van der Waals surface area contributed by atoms with Crippen LogP contribution in [0.2, 0.25) is 0 Å². The van der Waals surface area contributed by atoms with Crippen molar-refractivity contribution in [2.75, 3.05) is 19.8 Å². The maximum absolute atomic E-state index is 12.8. The van der Waals surface area contributed by atoms with Crippen molar-refractivity contribution in [2.24, 2.45) is 11.7 Å². The molecule has 1 fully saturated rings. The third kappa shape index (κ3) is 32.9. The van der Waals surface area contributed by atoms with Crippen LogP contribution in [0.15, 0.2) is 48.6 Å². The molecule has 16 heteroatoms. The van der Waals surface area contributed by atoms with Crippen LogP contribution in [0.25, 0.3) is 0 Å². The zero-order valence-corrected chi connectivity index (χ0v) is 39.8. The number of phosphoric acid groups is 1. The summed E-state index contributed by atoms with van der Waals surface area (Å²) in [5, 5.41) is 39.9. The van der Waals surface area contributed by atoms with Crippen molar-refractivity contribution in [3.63, 3.8) is 0 Å². The van der Waals surface area contributed by atoms with Gasteiger partial charge in [0.1, 0.15) is 12.6 Å². The first-order valence-electron chi connectivity index (χ1n) is 24.1. The van der Waals surface area contributed by atoms with E-state index in [1.807, 2.05) is 12.2 Å². The molecule has 1 aliphatic heterocycles. The first-order valence-corrected chi connectivity index (χ1v) is 25.6. The van der Waals surface area contributed by atoms with E-state index in [2.05, 4.69) is 42.7 Å². The molecule has 2 unspecified atom stereocenters. The predicted octanol–water partition coefficient (Wildman–Crippen LogP) is 9.06. The summed E-state index contributed by atoms with van der Waals surface area (Å²) in [6.45, 7) is 2.40. The minimum atomic E-state index is -4.80. The van der Waals surface area contributed by atoms with Crippen molar-refractivity contribution >= 4 is 25.7 Å². The summed E-state index contributed by atoms with van der Waals surface area (Å²) in [4.78, 5) is 46.3. The molecule has 7 N–H and O–H groups in total. The van der Waals surface area contributed by atoms with Gasteiger partial charge in [-0.1, -0.05) is 140 Å². The van der Waals surface area contributed by atoms with E-state index in [1.165, 1.54) is 51.4 Å². The Balaban J connectivity index is 2.48. The van der Waals surface area contributed by atoms with E-state index in [0.717, 1.165) is 57.8 Å². The second-order valence-electron chi connectivity index (χ2n) is 16.8. The monoisotopic (exact) mass is 930 g/mol. The highest BCUT2D eigenvalue weighted by atomic mass is 31.2. The number of phosphoric ester groups is 1. The fraction of sp³-hybridized carbons (Fsp3) is 0.771. The normalized spacial score (nSPS) is 20.5. The molecule has 8 atom stereocenters. The van der Waals surface area contributed by atoms with Gasteiger partial charge in [0, 0.05) is 25.2 Å². The summed E-state index contributed by atoms with van der Waals surface area (Å²) in [6.07, 6.45) is 33.5. The van der Waals surface area contributed by atoms with Crippen LogP contribution in [-0.2, 0) is 42.2 Å². The molecule has 0 spiro atoms. The van der Waals surface area contributed by atoms with E-state index in [-0.39, 0.29) is 25.2 Å². The zero-order valence-electron chi connectivity index (χ0n) is 38.9. The summed E-state index contributed by atoms with van der Waals surface area (Å²) >= 11 is 0. The number of carboxylic acids is 1. The van der Waals surface area contributed by atoms with Gasteiger partial charge in [-0.2, -0.15) is 0 Å². The Morgan fingerprint density at radius 3 is 1.95 bits per heavy atom. The summed E-state index contributed by atoms with van der Waals surface area (Å²) in [5.74, 6) is -2.97. The molecule has 0 aromatic heterocycles. The average molecular weight is 930 g/mol. The Morgan fingerprint density at radius 2 is 1.30 bits per heavy atom. The number of rotatable bonds is 40. The lowest BCUT2D eigenvalue weighted by molar-refractivity contribution is -0.199. The average Bonchev–Trinajstić information content (AvgIpc) is 3.25. The molecule has 0 bridgehead atoms. The Kier molecular flexibility index (Phi) is 35.6. The van der Waals surface area contributed by atoms with E-state index in [9.17, 15) is 39.2 Å². The second kappa shape index (κ2) is 38.4. The van der Waals surface area contributed by atoms with Crippen LogP contribution >= 0.6 is 7.82 Å². The lowest BCUT2D eigenvalue weighted by Crippen LogP contribution is -2.43. The highest BCUT2D eigenvalue weighted by Crippen LogP contribution is 2.43. The molecule has 1 rings (SSSR count). The number of aliphatic hydroxyl groups excluding tert-OH is 3. The molecule has 0 saturated carbocycles. The molecule has 370 valence electrons. The molecular formula is C48H84NO14P. The number of allylic oxidation sites excluding steroid dienone is 6. The quantitative estimate of drug-likeness (QED) is 0.0145. The summed E-state index contributed by atoms with van der Waals surface area (Å²) < 4.78 is 38.4. The standard InChI is InChI=1S/C48H84NO14P/c1-3-5-7-8-9-10-11-12-13-14-15-16-17-18-19-20-21-22-27-31-45(52)59-36-40(37-60-64(57,58)61-38-42(49)48(55)56)62-46(53)32-28-24-23-26-30-41-43(51)35-47(54)63-44(41)34-33-39(50)29-25-6-4-2/h9-10,12-13,23,26,33-34,39-44,47,50-51,54H,3-8,11,14-22,24-25,27-32,35-38,49H2,1-2H3,(H,55,56)(H,57,58)/b10-9-,13-12-,26-23-,34-33+/t39-,40+,41-,42-,43-,44+,47?/m0/s1. The molecule has 0 aromatic rings. The van der Waals surface area contributed by atoms with Crippen LogP contribution in [0.5, 0.6) is 0 Å². The summed E-state index contributed by atoms with van der Waals surface area (Å²) in [7, 11) is -4.80. The van der Waals surface area contributed by atoms with E-state index >= 15 is 0 Å². The number of hydrogen-bond acceptors (Lipinski definition) is 13. The Hall–Kier alpha value is -2.72. The van der Waals surface area contributed by atoms with Crippen LogP contribution in [-0.4, -0.2) is 99.8 Å². The van der Waals surface area contributed by atoms with Crippen molar-refractivity contribution in [1.82, 2.24) is 0 Å². The number of unbranched alkanes of at least 4 members (excludes halogenated alkanes) is 15. The maximum Gasteiger partial charge on any atom is 0.472 e. The van der Waals surface area contributed by atoms with Crippen molar-refractivity contribution in [3.8, 4) is 0 Å². The van der Waals surface area contributed by atoms with Crippen molar-refractivity contribution in [3.05, 3.63) is 48.6 Å². The first-order chi connectivity index (χ1) is 30.8. The third-order valence-electron chi connectivity index (χ3n) is 10.8. The van der Waals surface area contributed by atoms with Gasteiger partial charge in [0.05, 0.1) is 31.5 Å². The van der Waals surface area contributed by atoms with E-state index in [0.29, 0.717) is 32.1 Å². The van der Waals surface area contributed by atoms with Gasteiger partial charge in [0.2, 0.25) is 0 Å². The Morgan fingerprint density at radius 1 is 0.734 bits per heavy atom. The lowest BCUT2D eigenvalue weighted by Gasteiger charge is -2.36. The smallest absolute Gasteiger partial charge is 0.472 e. The Bertz CT molecular complexity index is 1390. The zero-order chi connectivity index (χ0) is 47.3. The maximum atomic E-state index is 12.8. The number of ether oxygens (including phenoxy) is 3. The van der Waals surface area contributed by atoms with Gasteiger partial charge in [-0.25, -0.2) is 4.57 Å². The molecule has 0 aliphatic carbocycles. The number of nitrogens with two attached hydrogens (primary N) is 1. The van der Waals surface area contributed by atoms with E-state index in [1.54, 1.807) is 12.2 Å². The van der Waals surface area contributed by atoms with Crippen molar-refractivity contribution < 1.29 is 67.5 Å². The summed E-state index contributed by atoms with van der Waals surface area (Å²) in [5.41, 5.74) is 5.34. The van der Waals surface area contributed by atoms with E-state index < -0.39 is 82.3 Å². The SMILES string of the molecule is CCCCC/C=C\C/C=C\CCCCCCCCCCCC(=O)OC[C@H](COP(=O)(O)OC[C@H](N)C(=O)O)OC(=O)CCC/C=C\C[C@H]1[C@@H](O)CC(O)O[C@@H]1/C=C/[C@@H](O)CCCCC. The minimum absolute atomic E-state index is 0.0348. The fourth-order valence-electron chi connectivity index (χ4n) is 6.96. The predicted molar refractivity (Wildman–Crippen MR) is 248 cm³/mol. The van der Waals surface area contributed by atoms with Gasteiger partial charge in [-0.05, 0) is 64.2 Å². The number of aliphatic hydroxyl groups is 3. The molecule has 0 aromatic carbocycles. The van der Waals surface area contributed by atoms with Gasteiger partial charge in [-0.3, -0.25) is 23.4 Å². The fourth-order valence-corrected chi connectivity index (χ4v) is 7.74. The van der Waals surface area contributed by atoms with Crippen LogP contribution in [0.4, 0.5) is 0 Å². The number of esters is 2. The van der Waals surface area contributed by atoms with Gasteiger partial charge >= 0.3 is 25.7 Å². The first kappa shape index (κ1) is 59.3. The molecule has 1 aliphatic rings. The van der Waals surface area contributed by atoms with Gasteiger partial charge < -0.3 is 45.3 Å². The third-order valence-corrected chi connectivity index (χ3v) is 11.8. The molecule has 64 heavy (non-hydrogen) atoms. The second-order valence-corrected chi connectivity index (χ2v) is 18.2. The molecule has 1 saturated heterocycles. The molecule has 0 amide bonds. The van der Waals surface area contributed by atoms with E-state index in [4.69, 9.17) is 29.6 Å².